The van der Waals surface area contributed by atoms with E-state index < -0.39 is 7.12 Å². The molecule has 0 amide bonds. The van der Waals surface area contributed by atoms with Crippen molar-refractivity contribution in [3.8, 4) is 0 Å². The van der Waals surface area contributed by atoms with Gasteiger partial charge in [-0.3, -0.25) is 4.79 Å². The van der Waals surface area contributed by atoms with Crippen LogP contribution in [0.25, 0.3) is 0 Å². The van der Waals surface area contributed by atoms with Crippen LogP contribution in [-0.4, -0.2) is 30.2 Å². The SMILES string of the molecule is COC(=O)CCCCCCCC/C=C/B(O)O. The van der Waals surface area contributed by atoms with E-state index in [1.54, 1.807) is 6.08 Å². The second-order valence-corrected chi connectivity index (χ2v) is 4.08. The number of allylic oxidation sites excluding steroid dienone is 1. The molecule has 0 aliphatic heterocycles. The first kappa shape index (κ1) is 16.2. The lowest BCUT2D eigenvalue weighted by Gasteiger charge is -2.00. The quantitative estimate of drug-likeness (QED) is 0.348. The third-order valence-corrected chi connectivity index (χ3v) is 2.54. The lowest BCUT2D eigenvalue weighted by atomic mass is 9.91. The van der Waals surface area contributed by atoms with Crippen LogP contribution in [0.15, 0.2) is 12.1 Å². The summed E-state index contributed by atoms with van der Waals surface area (Å²) in [5, 5.41) is 17.1. The van der Waals surface area contributed by atoms with Crippen LogP contribution in [0.3, 0.4) is 0 Å². The molecule has 2 N–H and O–H groups in total. The molecule has 0 radical (unpaired) electrons. The number of hydrogen-bond acceptors (Lipinski definition) is 4. The third-order valence-electron chi connectivity index (χ3n) is 2.54. The summed E-state index contributed by atoms with van der Waals surface area (Å²) in [6.45, 7) is 0. The van der Waals surface area contributed by atoms with E-state index in [4.69, 9.17) is 10.0 Å². The van der Waals surface area contributed by atoms with E-state index in [9.17, 15) is 4.79 Å². The van der Waals surface area contributed by atoms with Crippen LogP contribution in [0.5, 0.6) is 0 Å². The molecule has 98 valence electrons. The van der Waals surface area contributed by atoms with E-state index in [-0.39, 0.29) is 5.97 Å². The van der Waals surface area contributed by atoms with Gasteiger partial charge in [-0.2, -0.15) is 0 Å². The normalized spacial score (nSPS) is 10.8. The minimum absolute atomic E-state index is 0.127. The molecule has 0 saturated heterocycles. The first-order valence-electron chi connectivity index (χ1n) is 6.26. The highest BCUT2D eigenvalue weighted by molar-refractivity contribution is 6.47. The Balaban J connectivity index is 3.11. The Hall–Kier alpha value is -0.805. The number of rotatable bonds is 10. The van der Waals surface area contributed by atoms with Gasteiger partial charge in [0.2, 0.25) is 0 Å². The standard InChI is InChI=1S/C12H23BO4/c1-17-12(14)10-8-6-4-2-3-5-7-9-11-13(15)16/h9,11,15-16H,2-8,10H2,1H3/b11-9+. The predicted octanol–water partition coefficient (Wildman–Crippen LogP) is 1.85. The summed E-state index contributed by atoms with van der Waals surface area (Å²) in [7, 11) is 0.0902. The zero-order chi connectivity index (χ0) is 12.9. The number of unbranched alkanes of at least 4 members (excludes halogenated alkanes) is 6. The minimum atomic E-state index is -1.33. The van der Waals surface area contributed by atoms with Crippen molar-refractivity contribution < 1.29 is 19.6 Å². The largest absolute Gasteiger partial charge is 0.480 e. The molecule has 0 heterocycles. The van der Waals surface area contributed by atoms with Gasteiger partial charge >= 0.3 is 13.1 Å². The van der Waals surface area contributed by atoms with Gasteiger partial charge in [-0.15, -0.1) is 0 Å². The minimum Gasteiger partial charge on any atom is -0.469 e. The highest BCUT2D eigenvalue weighted by atomic mass is 16.5. The number of carbonyl (C=O) groups excluding carboxylic acids is 1. The molecule has 0 aromatic carbocycles. The predicted molar refractivity (Wildman–Crippen MR) is 68.3 cm³/mol. The molecule has 0 aliphatic rings. The number of methoxy groups -OCH3 is 1. The second-order valence-electron chi connectivity index (χ2n) is 4.08. The molecule has 0 bridgehead atoms. The van der Waals surface area contributed by atoms with Gasteiger partial charge in [0.1, 0.15) is 0 Å². The molecular weight excluding hydrogens is 219 g/mol. The van der Waals surface area contributed by atoms with Crippen LogP contribution in [0.4, 0.5) is 0 Å². The van der Waals surface area contributed by atoms with Crippen molar-refractivity contribution in [1.82, 2.24) is 0 Å². The molecule has 0 saturated carbocycles. The van der Waals surface area contributed by atoms with Gasteiger partial charge in [0.25, 0.3) is 0 Å². The Morgan fingerprint density at radius 1 is 1.12 bits per heavy atom. The molecule has 0 spiro atoms. The monoisotopic (exact) mass is 242 g/mol. The number of carbonyl (C=O) groups is 1. The van der Waals surface area contributed by atoms with Crippen LogP contribution in [0.1, 0.15) is 51.4 Å². The molecular formula is C12H23BO4. The van der Waals surface area contributed by atoms with E-state index in [1.165, 1.54) is 13.1 Å². The van der Waals surface area contributed by atoms with Gasteiger partial charge in [-0.25, -0.2) is 0 Å². The Kier molecular flexibility index (Phi) is 11.1. The average Bonchev–Trinajstić information content (AvgIpc) is 2.30. The molecule has 17 heavy (non-hydrogen) atoms. The van der Waals surface area contributed by atoms with Crippen LogP contribution in [0, 0.1) is 0 Å². The van der Waals surface area contributed by atoms with Gasteiger partial charge in [-0.05, 0) is 19.3 Å². The molecule has 4 nitrogen and oxygen atoms in total. The third kappa shape index (κ3) is 13.1. The van der Waals surface area contributed by atoms with E-state index in [0.29, 0.717) is 6.42 Å². The van der Waals surface area contributed by atoms with Crippen LogP contribution in [-0.2, 0) is 9.53 Å². The highest BCUT2D eigenvalue weighted by Gasteiger charge is 1.99. The Morgan fingerprint density at radius 2 is 1.71 bits per heavy atom. The summed E-state index contributed by atoms with van der Waals surface area (Å²) < 4.78 is 4.55. The number of ether oxygens (including phenoxy) is 1. The summed E-state index contributed by atoms with van der Waals surface area (Å²) in [5.41, 5.74) is 0. The van der Waals surface area contributed by atoms with Crippen molar-refractivity contribution in [1.29, 1.82) is 0 Å². The first-order chi connectivity index (χ1) is 8.16. The molecule has 0 aliphatic carbocycles. The van der Waals surface area contributed by atoms with E-state index in [1.807, 2.05) is 0 Å². The lowest BCUT2D eigenvalue weighted by Crippen LogP contribution is -2.05. The van der Waals surface area contributed by atoms with Gasteiger partial charge in [0.15, 0.2) is 0 Å². The molecule has 0 aromatic rings. The maximum absolute atomic E-state index is 10.8. The van der Waals surface area contributed by atoms with Crippen molar-refractivity contribution in [2.45, 2.75) is 51.4 Å². The van der Waals surface area contributed by atoms with E-state index in [0.717, 1.165) is 44.9 Å². The fourth-order valence-corrected chi connectivity index (χ4v) is 1.56. The van der Waals surface area contributed by atoms with Gasteiger partial charge < -0.3 is 14.8 Å². The summed E-state index contributed by atoms with van der Waals surface area (Å²) >= 11 is 0. The van der Waals surface area contributed by atoms with Crippen molar-refractivity contribution in [2.24, 2.45) is 0 Å². The second kappa shape index (κ2) is 11.7. The number of hydrogen-bond donors (Lipinski definition) is 2. The zero-order valence-corrected chi connectivity index (χ0v) is 10.6. The summed E-state index contributed by atoms with van der Waals surface area (Å²) in [5.74, 6) is 1.26. The van der Waals surface area contributed by atoms with Crippen LogP contribution < -0.4 is 0 Å². The molecule has 0 unspecified atom stereocenters. The summed E-state index contributed by atoms with van der Waals surface area (Å²) in [6.07, 6.45) is 9.70. The fourth-order valence-electron chi connectivity index (χ4n) is 1.56. The van der Waals surface area contributed by atoms with Gasteiger partial charge in [-0.1, -0.05) is 37.7 Å². The topological polar surface area (TPSA) is 66.8 Å². The average molecular weight is 242 g/mol. The van der Waals surface area contributed by atoms with Crippen molar-refractivity contribution >= 4 is 13.1 Å². The maximum atomic E-state index is 10.8. The van der Waals surface area contributed by atoms with Crippen LogP contribution >= 0.6 is 0 Å². The molecule has 5 heteroatoms. The summed E-state index contributed by atoms with van der Waals surface area (Å²) in [6, 6.07) is 0. The summed E-state index contributed by atoms with van der Waals surface area (Å²) in [4.78, 5) is 10.8. The van der Waals surface area contributed by atoms with Gasteiger partial charge in [0.05, 0.1) is 7.11 Å². The molecule has 0 aromatic heterocycles. The fraction of sp³-hybridized carbons (Fsp3) is 0.750. The smallest absolute Gasteiger partial charge is 0.469 e. The van der Waals surface area contributed by atoms with Crippen molar-refractivity contribution in [2.75, 3.05) is 7.11 Å². The van der Waals surface area contributed by atoms with Crippen molar-refractivity contribution in [3.05, 3.63) is 12.1 Å². The maximum Gasteiger partial charge on any atom is 0.480 e. The Labute approximate surface area is 104 Å². The van der Waals surface area contributed by atoms with Gasteiger partial charge in [0, 0.05) is 6.42 Å². The Bertz CT molecular complexity index is 217. The van der Waals surface area contributed by atoms with Crippen LogP contribution in [0.2, 0.25) is 0 Å². The van der Waals surface area contributed by atoms with E-state index in [2.05, 4.69) is 4.74 Å². The zero-order valence-electron chi connectivity index (χ0n) is 10.6. The van der Waals surface area contributed by atoms with E-state index >= 15 is 0 Å². The molecule has 0 fully saturated rings. The Morgan fingerprint density at radius 3 is 2.29 bits per heavy atom. The molecule has 0 atom stereocenters. The lowest BCUT2D eigenvalue weighted by molar-refractivity contribution is -0.140. The molecule has 0 rings (SSSR count). The van der Waals surface area contributed by atoms with Crippen molar-refractivity contribution in [3.63, 3.8) is 0 Å². The first-order valence-corrected chi connectivity index (χ1v) is 6.26. The highest BCUT2D eigenvalue weighted by Crippen LogP contribution is 2.09. The number of esters is 1.